The molecule has 0 aromatic heterocycles. The average molecular weight is 494 g/mol. The SMILES string of the molecule is COc1ccc(CCN2C(=O)C3=C(C(=O)C4CC(C)CC(C)C4O3)C2c2ccccc2F)cc1OC. The number of fused-ring (bicyclic) bond motifs is 1. The van der Waals surface area contributed by atoms with E-state index in [2.05, 4.69) is 13.8 Å². The van der Waals surface area contributed by atoms with E-state index in [4.69, 9.17) is 14.2 Å². The van der Waals surface area contributed by atoms with Gasteiger partial charge in [0.15, 0.2) is 23.0 Å². The van der Waals surface area contributed by atoms with E-state index in [0.29, 0.717) is 41.4 Å². The molecule has 0 bridgehead atoms. The molecule has 36 heavy (non-hydrogen) atoms. The summed E-state index contributed by atoms with van der Waals surface area (Å²) in [7, 11) is 3.15. The van der Waals surface area contributed by atoms with E-state index in [-0.39, 0.29) is 41.9 Å². The summed E-state index contributed by atoms with van der Waals surface area (Å²) in [5.41, 5.74) is 1.55. The molecule has 1 saturated carbocycles. The van der Waals surface area contributed by atoms with Gasteiger partial charge in [0, 0.05) is 12.1 Å². The van der Waals surface area contributed by atoms with Crippen LogP contribution < -0.4 is 9.47 Å². The van der Waals surface area contributed by atoms with Crippen LogP contribution in [0.5, 0.6) is 11.5 Å². The van der Waals surface area contributed by atoms with Crippen molar-refractivity contribution in [1.29, 1.82) is 0 Å². The minimum Gasteiger partial charge on any atom is -0.493 e. The zero-order valence-electron chi connectivity index (χ0n) is 21.1. The van der Waals surface area contributed by atoms with Gasteiger partial charge in [-0.3, -0.25) is 9.59 Å². The van der Waals surface area contributed by atoms with Crippen LogP contribution in [0.25, 0.3) is 0 Å². The largest absolute Gasteiger partial charge is 0.493 e. The van der Waals surface area contributed by atoms with Crippen molar-refractivity contribution < 1.29 is 28.2 Å². The molecule has 5 rings (SSSR count). The van der Waals surface area contributed by atoms with Gasteiger partial charge < -0.3 is 19.1 Å². The van der Waals surface area contributed by atoms with Crippen molar-refractivity contribution in [3.8, 4) is 11.5 Å². The second-order valence-corrected chi connectivity index (χ2v) is 10.2. The molecule has 1 aliphatic carbocycles. The Hall–Kier alpha value is -3.35. The molecule has 0 N–H and O–H groups in total. The highest BCUT2D eigenvalue weighted by atomic mass is 19.1. The number of benzene rings is 2. The third kappa shape index (κ3) is 4.04. The Labute approximate surface area is 211 Å². The molecule has 2 aliphatic heterocycles. The van der Waals surface area contributed by atoms with Crippen LogP contribution >= 0.6 is 0 Å². The van der Waals surface area contributed by atoms with Crippen molar-refractivity contribution >= 4 is 11.7 Å². The number of methoxy groups -OCH3 is 2. The lowest BCUT2D eigenvalue weighted by Crippen LogP contribution is -2.45. The predicted molar refractivity (Wildman–Crippen MR) is 132 cm³/mol. The second kappa shape index (κ2) is 9.60. The van der Waals surface area contributed by atoms with Gasteiger partial charge in [0.05, 0.1) is 31.8 Å². The Bertz CT molecular complexity index is 1220. The van der Waals surface area contributed by atoms with Gasteiger partial charge in [-0.1, -0.05) is 38.1 Å². The summed E-state index contributed by atoms with van der Waals surface area (Å²) in [6, 6.07) is 11.1. The highest BCUT2D eigenvalue weighted by Crippen LogP contribution is 2.49. The van der Waals surface area contributed by atoms with Gasteiger partial charge in [0.2, 0.25) is 0 Å². The van der Waals surface area contributed by atoms with Crippen LogP contribution in [0.4, 0.5) is 4.39 Å². The minimum absolute atomic E-state index is 0.0742. The lowest BCUT2D eigenvalue weighted by Gasteiger charge is -2.41. The van der Waals surface area contributed by atoms with E-state index in [9.17, 15) is 9.59 Å². The molecule has 190 valence electrons. The standard InChI is InChI=1S/C29H32FNO5/c1-16-13-17(2)27-20(14-16)26(32)24-25(19-7-5-6-8-21(19)30)31(29(33)28(24)36-27)12-11-18-9-10-22(34-3)23(15-18)35-4/h5-10,15-17,20,25,27H,11-14H2,1-4H3. The first-order valence-electron chi connectivity index (χ1n) is 12.5. The molecule has 1 amide bonds. The van der Waals surface area contributed by atoms with Crippen molar-refractivity contribution in [3.63, 3.8) is 0 Å². The molecule has 0 spiro atoms. The number of carbonyl (C=O) groups excluding carboxylic acids is 2. The number of nitrogens with zero attached hydrogens (tertiary/aromatic N) is 1. The van der Waals surface area contributed by atoms with Crippen LogP contribution in [0.15, 0.2) is 53.8 Å². The average Bonchev–Trinajstić information content (AvgIpc) is 3.15. The first-order chi connectivity index (χ1) is 17.3. The van der Waals surface area contributed by atoms with Crippen molar-refractivity contribution in [1.82, 2.24) is 4.90 Å². The van der Waals surface area contributed by atoms with Crippen molar-refractivity contribution in [2.45, 2.75) is 45.3 Å². The van der Waals surface area contributed by atoms with Gasteiger partial charge in [-0.2, -0.15) is 0 Å². The number of hydrogen-bond donors (Lipinski definition) is 0. The summed E-state index contributed by atoms with van der Waals surface area (Å²) in [6.45, 7) is 4.51. The van der Waals surface area contributed by atoms with E-state index in [0.717, 1.165) is 12.0 Å². The second-order valence-electron chi connectivity index (χ2n) is 10.2. The fourth-order valence-corrected chi connectivity index (χ4v) is 6.16. The van der Waals surface area contributed by atoms with Gasteiger partial charge in [-0.25, -0.2) is 4.39 Å². The highest BCUT2D eigenvalue weighted by molar-refractivity contribution is 6.11. The molecular formula is C29H32FNO5. The molecular weight excluding hydrogens is 461 g/mol. The molecule has 2 aromatic carbocycles. The maximum absolute atomic E-state index is 15.1. The number of carbonyl (C=O) groups is 2. The van der Waals surface area contributed by atoms with Crippen LogP contribution in [0.1, 0.15) is 43.9 Å². The van der Waals surface area contributed by atoms with Crippen LogP contribution in [0, 0.1) is 23.6 Å². The third-order valence-corrected chi connectivity index (χ3v) is 7.82. The van der Waals surface area contributed by atoms with E-state index >= 15 is 4.39 Å². The lowest BCUT2D eigenvalue weighted by atomic mass is 9.70. The highest BCUT2D eigenvalue weighted by Gasteiger charge is 2.54. The van der Waals surface area contributed by atoms with Gasteiger partial charge in [-0.15, -0.1) is 0 Å². The summed E-state index contributed by atoms with van der Waals surface area (Å²) in [6.07, 6.45) is 1.84. The number of hydrogen-bond acceptors (Lipinski definition) is 5. The minimum atomic E-state index is -0.810. The van der Waals surface area contributed by atoms with Gasteiger partial charge >= 0.3 is 0 Å². The fourth-order valence-electron chi connectivity index (χ4n) is 6.16. The Morgan fingerprint density at radius 3 is 2.50 bits per heavy atom. The van der Waals surface area contributed by atoms with E-state index < -0.39 is 11.9 Å². The van der Waals surface area contributed by atoms with Crippen molar-refractivity contribution in [3.05, 3.63) is 70.7 Å². The number of amides is 1. The van der Waals surface area contributed by atoms with Gasteiger partial charge in [0.1, 0.15) is 11.9 Å². The zero-order chi connectivity index (χ0) is 25.6. The first-order valence-corrected chi connectivity index (χ1v) is 12.5. The summed E-state index contributed by atoms with van der Waals surface area (Å²) in [4.78, 5) is 29.2. The smallest absolute Gasteiger partial charge is 0.290 e. The Morgan fingerprint density at radius 1 is 1.03 bits per heavy atom. The topological polar surface area (TPSA) is 65.1 Å². The molecule has 7 heteroatoms. The van der Waals surface area contributed by atoms with E-state index in [1.54, 1.807) is 37.3 Å². The van der Waals surface area contributed by atoms with Crippen molar-refractivity contribution in [2.75, 3.05) is 20.8 Å². The molecule has 1 fully saturated rings. The number of ether oxygens (including phenoxy) is 3. The normalized spacial score (nSPS) is 27.5. The van der Waals surface area contributed by atoms with Crippen LogP contribution in [0.2, 0.25) is 0 Å². The Morgan fingerprint density at radius 2 is 1.78 bits per heavy atom. The first kappa shape index (κ1) is 24.3. The molecule has 2 aromatic rings. The third-order valence-electron chi connectivity index (χ3n) is 7.82. The fraction of sp³-hybridized carbons (Fsp3) is 0.448. The predicted octanol–water partition coefficient (Wildman–Crippen LogP) is 4.87. The van der Waals surface area contributed by atoms with Crippen molar-refractivity contribution in [2.24, 2.45) is 17.8 Å². The molecule has 5 unspecified atom stereocenters. The van der Waals surface area contributed by atoms with Crippen LogP contribution in [-0.2, 0) is 20.7 Å². The Kier molecular flexibility index (Phi) is 6.49. The maximum atomic E-state index is 15.1. The summed E-state index contributed by atoms with van der Waals surface area (Å²) >= 11 is 0. The lowest BCUT2D eigenvalue weighted by molar-refractivity contribution is -0.138. The van der Waals surface area contributed by atoms with E-state index in [1.165, 1.54) is 6.07 Å². The van der Waals surface area contributed by atoms with Crippen LogP contribution in [-0.4, -0.2) is 43.5 Å². The monoisotopic (exact) mass is 493 g/mol. The van der Waals surface area contributed by atoms with Crippen LogP contribution in [0.3, 0.4) is 0 Å². The quantitative estimate of drug-likeness (QED) is 0.574. The number of Topliss-reactive ketones (excluding diaryl/α,β-unsaturated/α-hetero) is 1. The van der Waals surface area contributed by atoms with Gasteiger partial charge in [-0.05, 0) is 54.9 Å². The number of rotatable bonds is 6. The number of ketones is 1. The molecule has 2 heterocycles. The summed E-state index contributed by atoms with van der Waals surface area (Å²) in [5.74, 6) is 0.685. The molecule has 0 saturated heterocycles. The van der Waals surface area contributed by atoms with E-state index in [1.807, 2.05) is 18.2 Å². The van der Waals surface area contributed by atoms with Gasteiger partial charge in [0.25, 0.3) is 5.91 Å². The molecule has 0 radical (unpaired) electrons. The maximum Gasteiger partial charge on any atom is 0.290 e. The molecule has 5 atom stereocenters. The Balaban J connectivity index is 1.50. The molecule has 3 aliphatic rings. The number of halogens is 1. The molecule has 6 nitrogen and oxygen atoms in total. The summed E-state index contributed by atoms with van der Waals surface area (Å²) < 4.78 is 32.1. The zero-order valence-corrected chi connectivity index (χ0v) is 21.1. The summed E-state index contributed by atoms with van der Waals surface area (Å²) in [5, 5.41) is 0.